The number of hydrogen-bond donors (Lipinski definition) is 2. The summed E-state index contributed by atoms with van der Waals surface area (Å²) in [5.74, 6) is -1.04. The second kappa shape index (κ2) is 9.61. The first-order chi connectivity index (χ1) is 15.5. The molecule has 166 valence electrons. The van der Waals surface area contributed by atoms with Crippen molar-refractivity contribution in [1.29, 1.82) is 0 Å². The summed E-state index contributed by atoms with van der Waals surface area (Å²) in [6.45, 7) is 4.57. The van der Waals surface area contributed by atoms with Crippen molar-refractivity contribution in [1.82, 2.24) is 10.2 Å². The van der Waals surface area contributed by atoms with Gasteiger partial charge in [-0.3, -0.25) is 14.4 Å². The molecule has 2 N–H and O–H groups in total. The summed E-state index contributed by atoms with van der Waals surface area (Å²) in [5.41, 5.74) is 1.73. The molecule has 0 radical (unpaired) electrons. The van der Waals surface area contributed by atoms with Crippen molar-refractivity contribution >= 4 is 34.0 Å². The summed E-state index contributed by atoms with van der Waals surface area (Å²) >= 11 is 0. The number of amides is 1. The van der Waals surface area contributed by atoms with Gasteiger partial charge < -0.3 is 19.7 Å². The van der Waals surface area contributed by atoms with Crippen molar-refractivity contribution in [3.63, 3.8) is 0 Å². The smallest absolute Gasteiger partial charge is 0.312 e. The van der Waals surface area contributed by atoms with Crippen molar-refractivity contribution in [3.05, 3.63) is 64.6 Å². The van der Waals surface area contributed by atoms with E-state index in [1.165, 1.54) is 6.92 Å². The lowest BCUT2D eigenvalue weighted by molar-refractivity contribution is -0.152. The number of nitrogens with one attached hydrogen (secondary N) is 2. The number of esters is 1. The predicted octanol–water partition coefficient (Wildman–Crippen LogP) is 1.87. The number of aromatic nitrogens is 2. The molecule has 0 bridgehead atoms. The highest BCUT2D eigenvalue weighted by molar-refractivity contribution is 5.95. The first kappa shape index (κ1) is 21.5. The van der Waals surface area contributed by atoms with Crippen molar-refractivity contribution < 1.29 is 19.1 Å². The lowest BCUT2D eigenvalue weighted by Crippen LogP contribution is -2.36. The highest BCUT2D eigenvalue weighted by Gasteiger charge is 2.20. The zero-order valence-electron chi connectivity index (χ0n) is 17.7. The number of fused-ring (bicyclic) bond motifs is 1. The molecule has 1 aliphatic rings. The Morgan fingerprint density at radius 3 is 2.53 bits per heavy atom. The lowest BCUT2D eigenvalue weighted by Gasteiger charge is -2.28. The summed E-state index contributed by atoms with van der Waals surface area (Å²) in [4.78, 5) is 38.9. The molecule has 1 aromatic heterocycles. The fraction of sp³-hybridized carbons (Fsp3) is 0.304. The molecule has 9 heteroatoms. The normalized spacial score (nSPS) is 14.7. The molecule has 9 nitrogen and oxygen atoms in total. The molecule has 3 aromatic rings. The first-order valence-corrected chi connectivity index (χ1v) is 10.4. The summed E-state index contributed by atoms with van der Waals surface area (Å²) in [7, 11) is 0. The molecule has 4 rings (SSSR count). The van der Waals surface area contributed by atoms with E-state index in [0.717, 1.165) is 18.8 Å². The number of benzene rings is 2. The minimum Gasteiger partial charge on any atom is -0.452 e. The zero-order valence-corrected chi connectivity index (χ0v) is 17.7. The van der Waals surface area contributed by atoms with Crippen molar-refractivity contribution in [3.8, 4) is 0 Å². The Morgan fingerprint density at radius 2 is 1.81 bits per heavy atom. The fourth-order valence-corrected chi connectivity index (χ4v) is 3.56. The predicted molar refractivity (Wildman–Crippen MR) is 120 cm³/mol. The maximum Gasteiger partial charge on any atom is 0.312 e. The van der Waals surface area contributed by atoms with Gasteiger partial charge in [0, 0.05) is 29.9 Å². The van der Waals surface area contributed by atoms with Gasteiger partial charge in [-0.2, -0.15) is 5.10 Å². The van der Waals surface area contributed by atoms with Crippen LogP contribution in [0.5, 0.6) is 0 Å². The van der Waals surface area contributed by atoms with Gasteiger partial charge in [0.25, 0.3) is 11.5 Å². The number of carbonyl (C=O) groups excluding carboxylic acids is 2. The molecule has 2 aromatic carbocycles. The molecule has 1 atom stereocenters. The molecule has 0 saturated carbocycles. The number of carbonyl (C=O) groups is 2. The van der Waals surface area contributed by atoms with Gasteiger partial charge in [-0.15, -0.1) is 0 Å². The van der Waals surface area contributed by atoms with Gasteiger partial charge in [-0.05, 0) is 37.3 Å². The van der Waals surface area contributed by atoms with Crippen molar-refractivity contribution in [2.24, 2.45) is 0 Å². The zero-order chi connectivity index (χ0) is 22.5. The van der Waals surface area contributed by atoms with E-state index < -0.39 is 18.0 Å². The fourth-order valence-electron chi connectivity index (χ4n) is 3.56. The minimum atomic E-state index is -0.990. The molecular weight excluding hydrogens is 412 g/mol. The lowest BCUT2D eigenvalue weighted by atomic mass is 10.1. The molecule has 0 unspecified atom stereocenters. The van der Waals surface area contributed by atoms with E-state index in [9.17, 15) is 14.4 Å². The van der Waals surface area contributed by atoms with E-state index in [0.29, 0.717) is 35.4 Å². The number of morpholine rings is 1. The molecule has 1 amide bonds. The van der Waals surface area contributed by atoms with E-state index in [1.807, 2.05) is 24.3 Å². The van der Waals surface area contributed by atoms with Gasteiger partial charge in [0.15, 0.2) is 6.10 Å². The Kier molecular flexibility index (Phi) is 6.46. The summed E-state index contributed by atoms with van der Waals surface area (Å²) in [6, 6.07) is 14.4. The topological polar surface area (TPSA) is 114 Å². The van der Waals surface area contributed by atoms with Crippen LogP contribution in [0.25, 0.3) is 10.8 Å². The molecule has 1 aliphatic heterocycles. The number of rotatable bonds is 6. The Balaban J connectivity index is 1.34. The van der Waals surface area contributed by atoms with Crippen LogP contribution < -0.4 is 15.8 Å². The Hall–Kier alpha value is -3.72. The van der Waals surface area contributed by atoms with Crippen LogP contribution in [0.2, 0.25) is 0 Å². The van der Waals surface area contributed by atoms with Crippen LogP contribution in [0.1, 0.15) is 12.6 Å². The van der Waals surface area contributed by atoms with Gasteiger partial charge in [0.2, 0.25) is 0 Å². The Labute approximate surface area is 184 Å². The number of ether oxygens (including phenoxy) is 2. The average Bonchev–Trinajstić information content (AvgIpc) is 2.82. The summed E-state index contributed by atoms with van der Waals surface area (Å²) in [6.07, 6.45) is -1.15. The van der Waals surface area contributed by atoms with E-state index in [1.54, 1.807) is 24.3 Å². The van der Waals surface area contributed by atoms with Crippen LogP contribution in [0, 0.1) is 0 Å². The molecular formula is C23H24N4O5. The maximum atomic E-state index is 12.5. The third kappa shape index (κ3) is 4.94. The first-order valence-electron chi connectivity index (χ1n) is 10.4. The standard InChI is InChI=1S/C23H24N4O5/c1-15(22(29)24-16-6-8-17(9-7-16)27-10-12-31-13-11-27)32-21(28)14-20-18-4-2-3-5-19(18)23(30)26-25-20/h2-9,15H,10-14H2,1H3,(H,24,29)(H,26,30)/t15-/m1/s1. The number of hydrogen-bond acceptors (Lipinski definition) is 7. The number of H-pyrrole nitrogens is 1. The number of nitrogens with zero attached hydrogens (tertiary/aromatic N) is 2. The van der Waals surface area contributed by atoms with E-state index in [4.69, 9.17) is 9.47 Å². The van der Waals surface area contributed by atoms with Crippen LogP contribution in [-0.2, 0) is 25.5 Å². The van der Waals surface area contributed by atoms with E-state index in [-0.39, 0.29) is 12.0 Å². The quantitative estimate of drug-likeness (QED) is 0.567. The SMILES string of the molecule is C[C@@H](OC(=O)Cc1n[nH]c(=O)c2ccccc12)C(=O)Nc1ccc(N2CCOCC2)cc1. The van der Waals surface area contributed by atoms with Gasteiger partial charge in [-0.1, -0.05) is 18.2 Å². The highest BCUT2D eigenvalue weighted by atomic mass is 16.5. The van der Waals surface area contributed by atoms with E-state index >= 15 is 0 Å². The van der Waals surface area contributed by atoms with Gasteiger partial charge in [0.1, 0.15) is 0 Å². The van der Waals surface area contributed by atoms with Crippen LogP contribution in [0.4, 0.5) is 11.4 Å². The molecule has 1 fully saturated rings. The average molecular weight is 436 g/mol. The van der Waals surface area contributed by atoms with Gasteiger partial charge in [0.05, 0.1) is 30.7 Å². The minimum absolute atomic E-state index is 0.164. The second-order valence-corrected chi connectivity index (χ2v) is 7.49. The van der Waals surface area contributed by atoms with Crippen LogP contribution in [-0.4, -0.2) is 54.5 Å². The van der Waals surface area contributed by atoms with Gasteiger partial charge >= 0.3 is 5.97 Å². The number of anilines is 2. The third-order valence-electron chi connectivity index (χ3n) is 5.28. The third-order valence-corrected chi connectivity index (χ3v) is 5.28. The van der Waals surface area contributed by atoms with Crippen LogP contribution in [0.3, 0.4) is 0 Å². The van der Waals surface area contributed by atoms with E-state index in [2.05, 4.69) is 20.4 Å². The molecule has 32 heavy (non-hydrogen) atoms. The summed E-state index contributed by atoms with van der Waals surface area (Å²) < 4.78 is 10.6. The Morgan fingerprint density at radius 1 is 1.12 bits per heavy atom. The summed E-state index contributed by atoms with van der Waals surface area (Å²) in [5, 5.41) is 10.1. The maximum absolute atomic E-state index is 12.5. The Bertz CT molecular complexity index is 1170. The van der Waals surface area contributed by atoms with Crippen molar-refractivity contribution in [2.75, 3.05) is 36.5 Å². The monoisotopic (exact) mass is 436 g/mol. The highest BCUT2D eigenvalue weighted by Crippen LogP contribution is 2.19. The molecule has 1 saturated heterocycles. The molecule has 2 heterocycles. The van der Waals surface area contributed by atoms with Gasteiger partial charge in [-0.25, -0.2) is 5.10 Å². The molecule has 0 aliphatic carbocycles. The largest absolute Gasteiger partial charge is 0.452 e. The second-order valence-electron chi connectivity index (χ2n) is 7.49. The van der Waals surface area contributed by atoms with Crippen molar-refractivity contribution in [2.45, 2.75) is 19.4 Å². The van der Waals surface area contributed by atoms with Crippen LogP contribution in [0.15, 0.2) is 53.3 Å². The van der Waals surface area contributed by atoms with Crippen LogP contribution >= 0.6 is 0 Å². The molecule has 0 spiro atoms. The number of aromatic amines is 1.